The monoisotopic (exact) mass is 984 g/mol. The number of allylic oxidation sites excluding steroid dienone is 6. The summed E-state index contributed by atoms with van der Waals surface area (Å²) >= 11 is 0. The fourth-order valence-corrected chi connectivity index (χ4v) is 10.5. The Kier molecular flexibility index (Phi) is 22.9. The summed E-state index contributed by atoms with van der Waals surface area (Å²) in [6.07, 6.45) is 10.5. The third-order valence-corrected chi connectivity index (χ3v) is 14.9. The molecule has 16 nitrogen and oxygen atoms in total. The molecule has 1 amide bonds. The molecule has 0 spiro atoms. The first-order valence-electron chi connectivity index (χ1n) is 25.2. The zero-order valence-electron chi connectivity index (χ0n) is 43.2. The fraction of sp³-hybridized carbons (Fsp3) is 0.704. The molecule has 3 fully saturated rings. The largest absolute Gasteiger partial charge is 0.513 e. The maximum absolute atomic E-state index is 14.5. The Balaban J connectivity index is 1.70. The first-order valence-corrected chi connectivity index (χ1v) is 25.2. The fourth-order valence-electron chi connectivity index (χ4n) is 10.5. The number of carbonyl (C=O) groups excluding carboxylic acids is 6. The Bertz CT molecular complexity index is 1940. The second kappa shape index (κ2) is 27.5. The first-order chi connectivity index (χ1) is 33.2. The predicted octanol–water partition coefficient (Wildman–Crippen LogP) is 7.49. The van der Waals surface area contributed by atoms with Crippen molar-refractivity contribution in [2.75, 3.05) is 27.9 Å². The second-order valence-corrected chi connectivity index (χ2v) is 20.2. The Morgan fingerprint density at radius 2 is 1.63 bits per heavy atom. The van der Waals surface area contributed by atoms with E-state index in [0.717, 1.165) is 11.8 Å². The standard InChI is InChI=1S/C54H81NO15/c1-12-67-53(62)69-43-24-22-39(29-46(43)65-10)28-35(5)45-31-42(56)34(4)27-37(7)48(58)49(66-11)47(57)36(6)26-32(2)18-14-13-15-19-33(3)44(64-9)30-40-23-21-38(8)54(63,70-40)50(59)51(60)55-25-17-16-20-41(55)52(61)68-45/h12-15,18-19,27,32,34-36,38-41,43-46,48-49,58,63H,1,16-17,20-26,28-31H2,2-11H3/b15-13+,18-14+,33-19+,37-27+/t32-,34-,35-,36-,38-,39+,40+,41+,43-,44+,45+,46-,48-,49+,54-/m1/s1. The van der Waals surface area contributed by atoms with Crippen LogP contribution in [0, 0.1) is 35.5 Å². The Labute approximate surface area is 415 Å². The minimum Gasteiger partial charge on any atom is -0.460 e. The quantitative estimate of drug-likeness (QED) is 0.104. The Morgan fingerprint density at radius 3 is 2.30 bits per heavy atom. The highest BCUT2D eigenvalue weighted by Gasteiger charge is 2.53. The van der Waals surface area contributed by atoms with Gasteiger partial charge in [-0.15, -0.1) is 0 Å². The van der Waals surface area contributed by atoms with Crippen molar-refractivity contribution in [2.24, 2.45) is 35.5 Å². The minimum absolute atomic E-state index is 0.00311. The lowest BCUT2D eigenvalue weighted by atomic mass is 9.78. The third kappa shape index (κ3) is 15.6. The number of esters is 1. The predicted molar refractivity (Wildman–Crippen MR) is 261 cm³/mol. The van der Waals surface area contributed by atoms with Crippen molar-refractivity contribution in [1.82, 2.24) is 4.90 Å². The normalized spacial score (nSPS) is 38.1. The Hall–Kier alpha value is -4.32. The van der Waals surface area contributed by atoms with Crippen LogP contribution in [0.25, 0.3) is 0 Å². The average molecular weight is 984 g/mol. The SMILES string of the molecule is C=COC(=O)O[C@@H]1CC[C@@H](C[C@@H](C)[C@@H]2CC(=O)[C@H](C)/C=C(\C)[C@@H](O)[C@@H](OC)C(=O)[C@H](C)C[C@H](C)/C=C/C=C/C=C(\C)[C@@H](OC)C[C@@H]3CC[C@@H](C)[C@@](O)(O3)C(=O)C(=O)N3CCCC[C@H]3C(=O)O2)C[C@H]1OC. The number of piperidine rings is 1. The van der Waals surface area contributed by atoms with Crippen LogP contribution >= 0.6 is 0 Å². The van der Waals surface area contributed by atoms with Crippen LogP contribution in [0.4, 0.5) is 4.79 Å². The summed E-state index contributed by atoms with van der Waals surface area (Å²) in [5.41, 5.74) is 1.23. The van der Waals surface area contributed by atoms with Gasteiger partial charge < -0.3 is 48.3 Å². The first kappa shape index (κ1) is 58.3. The number of carbonyl (C=O) groups is 6. The molecule has 392 valence electrons. The molecule has 4 aliphatic rings. The molecule has 3 heterocycles. The van der Waals surface area contributed by atoms with Gasteiger partial charge in [-0.05, 0) is 107 Å². The van der Waals surface area contributed by atoms with E-state index in [9.17, 15) is 39.0 Å². The highest BCUT2D eigenvalue weighted by atomic mass is 16.7. The second-order valence-electron chi connectivity index (χ2n) is 20.2. The van der Waals surface area contributed by atoms with Gasteiger partial charge in [0, 0.05) is 58.5 Å². The van der Waals surface area contributed by atoms with Gasteiger partial charge in [-0.25, -0.2) is 9.59 Å². The number of hydrogen-bond donors (Lipinski definition) is 2. The lowest BCUT2D eigenvalue weighted by Crippen LogP contribution is -2.61. The summed E-state index contributed by atoms with van der Waals surface area (Å²) in [6, 6.07) is -1.18. The summed E-state index contributed by atoms with van der Waals surface area (Å²) < 4.78 is 39.8. The van der Waals surface area contributed by atoms with Crippen molar-refractivity contribution >= 4 is 35.4 Å². The summed E-state index contributed by atoms with van der Waals surface area (Å²) in [5, 5.41) is 23.5. The number of rotatable bonds is 8. The van der Waals surface area contributed by atoms with Crippen LogP contribution in [0.15, 0.2) is 60.4 Å². The van der Waals surface area contributed by atoms with Crippen molar-refractivity contribution < 1.29 is 72.1 Å². The number of aliphatic hydroxyl groups is 2. The van der Waals surface area contributed by atoms with Crippen molar-refractivity contribution in [3.63, 3.8) is 0 Å². The van der Waals surface area contributed by atoms with E-state index in [2.05, 4.69) is 6.58 Å². The molecule has 15 atom stereocenters. The van der Waals surface area contributed by atoms with Crippen LogP contribution < -0.4 is 0 Å². The molecule has 0 aromatic carbocycles. The molecule has 4 rings (SSSR count). The number of Topliss-reactive ketones (excluding diaryl/α,β-unsaturated/α-hetero) is 3. The van der Waals surface area contributed by atoms with Crippen LogP contribution in [0.2, 0.25) is 0 Å². The van der Waals surface area contributed by atoms with E-state index >= 15 is 0 Å². The molecule has 2 bridgehead atoms. The van der Waals surface area contributed by atoms with Gasteiger partial charge in [0.25, 0.3) is 11.7 Å². The van der Waals surface area contributed by atoms with E-state index in [1.54, 1.807) is 40.9 Å². The third-order valence-electron chi connectivity index (χ3n) is 14.9. The van der Waals surface area contributed by atoms with E-state index in [1.165, 1.54) is 19.1 Å². The number of ketones is 3. The van der Waals surface area contributed by atoms with E-state index in [-0.39, 0.29) is 42.8 Å². The van der Waals surface area contributed by atoms with Gasteiger partial charge >= 0.3 is 12.1 Å². The van der Waals surface area contributed by atoms with Gasteiger partial charge in [0.15, 0.2) is 5.78 Å². The average Bonchev–Trinajstić information content (AvgIpc) is 3.33. The van der Waals surface area contributed by atoms with Crippen molar-refractivity contribution in [3.05, 3.63) is 60.4 Å². The van der Waals surface area contributed by atoms with Crippen molar-refractivity contribution in [3.8, 4) is 0 Å². The molecule has 0 unspecified atom stereocenters. The number of nitrogens with zero attached hydrogens (tertiary/aromatic N) is 1. The van der Waals surface area contributed by atoms with E-state index in [1.807, 2.05) is 51.2 Å². The van der Waals surface area contributed by atoms with Crippen LogP contribution in [-0.2, 0) is 57.1 Å². The van der Waals surface area contributed by atoms with Crippen LogP contribution in [-0.4, -0.2) is 133 Å². The molecular formula is C54H81NO15. The number of cyclic esters (lactones) is 1. The van der Waals surface area contributed by atoms with Gasteiger partial charge in [-0.2, -0.15) is 0 Å². The van der Waals surface area contributed by atoms with Crippen LogP contribution in [0.5, 0.6) is 0 Å². The topological polar surface area (TPSA) is 211 Å². The highest BCUT2D eigenvalue weighted by molar-refractivity contribution is 6.39. The van der Waals surface area contributed by atoms with Crippen molar-refractivity contribution in [1.29, 1.82) is 0 Å². The van der Waals surface area contributed by atoms with Crippen LogP contribution in [0.3, 0.4) is 0 Å². The van der Waals surface area contributed by atoms with E-state index in [4.69, 9.17) is 33.2 Å². The number of aliphatic hydroxyl groups excluding tert-OH is 1. The zero-order valence-corrected chi connectivity index (χ0v) is 43.2. The van der Waals surface area contributed by atoms with Crippen molar-refractivity contribution in [2.45, 2.75) is 180 Å². The number of ether oxygens (including phenoxy) is 7. The van der Waals surface area contributed by atoms with Gasteiger partial charge in [-0.1, -0.05) is 77.7 Å². The zero-order chi connectivity index (χ0) is 51.9. The van der Waals surface area contributed by atoms with Gasteiger partial charge in [-0.3, -0.25) is 19.2 Å². The molecule has 0 aromatic heterocycles. The molecule has 70 heavy (non-hydrogen) atoms. The summed E-state index contributed by atoms with van der Waals surface area (Å²) in [4.78, 5) is 84.3. The summed E-state index contributed by atoms with van der Waals surface area (Å²) in [5.74, 6) is -8.38. The van der Waals surface area contributed by atoms with E-state index in [0.29, 0.717) is 69.8 Å². The molecule has 1 saturated carbocycles. The summed E-state index contributed by atoms with van der Waals surface area (Å²) in [7, 11) is 4.47. The number of amides is 1. The molecule has 16 heteroatoms. The molecule has 2 saturated heterocycles. The molecular weight excluding hydrogens is 903 g/mol. The van der Waals surface area contributed by atoms with Gasteiger partial charge in [0.2, 0.25) is 5.79 Å². The number of methoxy groups -OCH3 is 3. The smallest absolute Gasteiger partial charge is 0.460 e. The highest BCUT2D eigenvalue weighted by Crippen LogP contribution is 2.38. The minimum atomic E-state index is -2.45. The van der Waals surface area contributed by atoms with Gasteiger partial charge in [0.1, 0.15) is 36.2 Å². The number of hydrogen-bond acceptors (Lipinski definition) is 15. The molecule has 1 aliphatic carbocycles. The van der Waals surface area contributed by atoms with E-state index < -0.39 is 102 Å². The molecule has 0 aromatic rings. The van der Waals surface area contributed by atoms with Crippen LogP contribution in [0.1, 0.15) is 126 Å². The lowest BCUT2D eigenvalue weighted by molar-refractivity contribution is -0.265. The van der Waals surface area contributed by atoms with Gasteiger partial charge in [0.05, 0.1) is 24.6 Å². The maximum Gasteiger partial charge on any atom is 0.513 e. The lowest BCUT2D eigenvalue weighted by Gasteiger charge is -2.42. The molecule has 3 aliphatic heterocycles. The molecule has 2 N–H and O–H groups in total. The number of fused-ring (bicyclic) bond motifs is 3. The maximum atomic E-state index is 14.5. The summed E-state index contributed by atoms with van der Waals surface area (Å²) in [6.45, 7) is 16.0. The molecule has 0 radical (unpaired) electrons. The Morgan fingerprint density at radius 1 is 0.900 bits per heavy atom.